The van der Waals surface area contributed by atoms with Crippen LogP contribution in [0.1, 0.15) is 36.9 Å². The van der Waals surface area contributed by atoms with Gasteiger partial charge in [-0.3, -0.25) is 9.98 Å². The Morgan fingerprint density at radius 2 is 2.19 bits per heavy atom. The molecule has 0 bridgehead atoms. The van der Waals surface area contributed by atoms with Crippen LogP contribution in [0, 0.1) is 12.8 Å². The molecule has 1 heterocycles. The van der Waals surface area contributed by atoms with Gasteiger partial charge >= 0.3 is 0 Å². The van der Waals surface area contributed by atoms with Crippen molar-refractivity contribution >= 4 is 5.84 Å². The van der Waals surface area contributed by atoms with Crippen LogP contribution in [-0.4, -0.2) is 10.8 Å². The molecule has 0 spiro atoms. The molecule has 1 aliphatic carbocycles. The Morgan fingerprint density at radius 1 is 1.44 bits per heavy atom. The number of amidine groups is 1. The van der Waals surface area contributed by atoms with Gasteiger partial charge in [0.25, 0.3) is 0 Å². The van der Waals surface area contributed by atoms with E-state index in [1.54, 1.807) is 0 Å². The molecule has 2 N–H and O–H groups in total. The van der Waals surface area contributed by atoms with Crippen LogP contribution >= 0.6 is 0 Å². The summed E-state index contributed by atoms with van der Waals surface area (Å²) < 4.78 is 0. The maximum atomic E-state index is 5.99. The average Bonchev–Trinajstić information content (AvgIpc) is 2.81. The Kier molecular flexibility index (Phi) is 3.54. The monoisotopic (exact) mass is 217 g/mol. The molecule has 1 saturated carbocycles. The van der Waals surface area contributed by atoms with Gasteiger partial charge in [0.15, 0.2) is 0 Å². The van der Waals surface area contributed by atoms with Crippen molar-refractivity contribution in [3.05, 3.63) is 29.6 Å². The lowest BCUT2D eigenvalue weighted by molar-refractivity contribution is 0.715. The SMILES string of the molecule is Cc1ccc(CN=C(N)C2CCCC2)cn1. The summed E-state index contributed by atoms with van der Waals surface area (Å²) in [6.45, 7) is 2.65. The Morgan fingerprint density at radius 3 is 2.81 bits per heavy atom. The first-order chi connectivity index (χ1) is 7.75. The second-order valence-electron chi connectivity index (χ2n) is 4.53. The van der Waals surface area contributed by atoms with Crippen molar-refractivity contribution in [3.8, 4) is 0 Å². The largest absolute Gasteiger partial charge is 0.387 e. The van der Waals surface area contributed by atoms with Crippen molar-refractivity contribution in [2.24, 2.45) is 16.6 Å². The van der Waals surface area contributed by atoms with Gasteiger partial charge in [-0.2, -0.15) is 0 Å². The second-order valence-corrected chi connectivity index (χ2v) is 4.53. The van der Waals surface area contributed by atoms with Gasteiger partial charge in [-0.25, -0.2) is 0 Å². The molecule has 16 heavy (non-hydrogen) atoms. The van der Waals surface area contributed by atoms with Gasteiger partial charge in [0.2, 0.25) is 0 Å². The molecule has 0 radical (unpaired) electrons. The highest BCUT2D eigenvalue weighted by molar-refractivity contribution is 5.83. The minimum absolute atomic E-state index is 0.526. The van der Waals surface area contributed by atoms with Crippen molar-refractivity contribution in [2.75, 3.05) is 0 Å². The molecule has 1 aliphatic rings. The van der Waals surface area contributed by atoms with Crippen LogP contribution in [0.4, 0.5) is 0 Å². The number of rotatable bonds is 3. The van der Waals surface area contributed by atoms with Crippen molar-refractivity contribution in [2.45, 2.75) is 39.2 Å². The lowest BCUT2D eigenvalue weighted by Crippen LogP contribution is -2.21. The van der Waals surface area contributed by atoms with E-state index in [0.29, 0.717) is 12.5 Å². The Balaban J connectivity index is 1.94. The fourth-order valence-electron chi connectivity index (χ4n) is 2.13. The third-order valence-electron chi connectivity index (χ3n) is 3.19. The number of aromatic nitrogens is 1. The fourth-order valence-corrected chi connectivity index (χ4v) is 2.13. The zero-order valence-electron chi connectivity index (χ0n) is 9.82. The molecular formula is C13H19N3. The quantitative estimate of drug-likeness (QED) is 0.624. The zero-order valence-corrected chi connectivity index (χ0v) is 9.82. The zero-order chi connectivity index (χ0) is 11.4. The summed E-state index contributed by atoms with van der Waals surface area (Å²) in [4.78, 5) is 8.71. The predicted octanol–water partition coefficient (Wildman–Crippen LogP) is 2.44. The number of pyridine rings is 1. The maximum absolute atomic E-state index is 5.99. The topological polar surface area (TPSA) is 51.3 Å². The molecular weight excluding hydrogens is 198 g/mol. The van der Waals surface area contributed by atoms with E-state index in [-0.39, 0.29) is 0 Å². The first-order valence-corrected chi connectivity index (χ1v) is 5.97. The number of hydrogen-bond donors (Lipinski definition) is 1. The van der Waals surface area contributed by atoms with E-state index in [2.05, 4.69) is 16.0 Å². The number of aliphatic imine (C=N–C) groups is 1. The summed E-state index contributed by atoms with van der Waals surface area (Å²) in [5, 5.41) is 0. The Bertz CT molecular complexity index is 361. The third-order valence-corrected chi connectivity index (χ3v) is 3.19. The van der Waals surface area contributed by atoms with E-state index >= 15 is 0 Å². The van der Waals surface area contributed by atoms with Crippen molar-refractivity contribution < 1.29 is 0 Å². The van der Waals surface area contributed by atoms with Gasteiger partial charge in [0.1, 0.15) is 0 Å². The molecule has 1 aromatic heterocycles. The lowest BCUT2D eigenvalue weighted by Gasteiger charge is -2.07. The van der Waals surface area contributed by atoms with Gasteiger partial charge < -0.3 is 5.73 Å². The van der Waals surface area contributed by atoms with Crippen LogP contribution in [0.25, 0.3) is 0 Å². The molecule has 3 heteroatoms. The normalized spacial score (nSPS) is 17.9. The van der Waals surface area contributed by atoms with E-state index in [0.717, 1.165) is 17.1 Å². The standard InChI is InChI=1S/C13H19N3/c1-10-6-7-11(8-15-10)9-16-13(14)12-4-2-3-5-12/h6-8,12H,2-5,9H2,1H3,(H2,14,16). The highest BCUT2D eigenvalue weighted by atomic mass is 14.9. The third kappa shape index (κ3) is 2.81. The van der Waals surface area contributed by atoms with Crippen molar-refractivity contribution in [1.29, 1.82) is 0 Å². The fraction of sp³-hybridized carbons (Fsp3) is 0.538. The Labute approximate surface area is 96.8 Å². The molecule has 0 amide bonds. The van der Waals surface area contributed by atoms with E-state index in [1.807, 2.05) is 19.2 Å². The second kappa shape index (κ2) is 5.10. The molecule has 0 atom stereocenters. The molecule has 2 rings (SSSR count). The van der Waals surface area contributed by atoms with Gasteiger partial charge in [-0.1, -0.05) is 18.9 Å². The molecule has 1 fully saturated rings. The van der Waals surface area contributed by atoms with E-state index < -0.39 is 0 Å². The van der Waals surface area contributed by atoms with Crippen LogP contribution in [0.15, 0.2) is 23.3 Å². The van der Waals surface area contributed by atoms with Crippen molar-refractivity contribution in [3.63, 3.8) is 0 Å². The molecule has 0 aromatic carbocycles. The van der Waals surface area contributed by atoms with Gasteiger partial charge in [0.05, 0.1) is 12.4 Å². The summed E-state index contributed by atoms with van der Waals surface area (Å²) in [6.07, 6.45) is 6.89. The van der Waals surface area contributed by atoms with Crippen LogP contribution in [0.3, 0.4) is 0 Å². The first-order valence-electron chi connectivity index (χ1n) is 5.97. The van der Waals surface area contributed by atoms with E-state index in [1.165, 1.54) is 25.7 Å². The molecule has 1 aromatic rings. The Hall–Kier alpha value is -1.38. The number of nitrogens with two attached hydrogens (primary N) is 1. The molecule has 86 valence electrons. The van der Waals surface area contributed by atoms with Gasteiger partial charge in [0, 0.05) is 17.8 Å². The molecule has 0 saturated heterocycles. The van der Waals surface area contributed by atoms with Crippen LogP contribution in [-0.2, 0) is 6.54 Å². The smallest absolute Gasteiger partial charge is 0.0972 e. The lowest BCUT2D eigenvalue weighted by atomic mass is 10.1. The summed E-state index contributed by atoms with van der Waals surface area (Å²) in [7, 11) is 0. The van der Waals surface area contributed by atoms with Gasteiger partial charge in [-0.15, -0.1) is 0 Å². The summed E-state index contributed by atoms with van der Waals surface area (Å²) in [5.41, 5.74) is 8.16. The summed E-state index contributed by atoms with van der Waals surface area (Å²) in [5.74, 6) is 1.36. The van der Waals surface area contributed by atoms with E-state index in [9.17, 15) is 0 Å². The highest BCUT2D eigenvalue weighted by Gasteiger charge is 2.18. The molecule has 0 aliphatic heterocycles. The van der Waals surface area contributed by atoms with Crippen LogP contribution < -0.4 is 5.73 Å². The highest BCUT2D eigenvalue weighted by Crippen LogP contribution is 2.24. The number of aryl methyl sites for hydroxylation is 1. The van der Waals surface area contributed by atoms with E-state index in [4.69, 9.17) is 5.73 Å². The first kappa shape index (κ1) is 11.1. The molecule has 3 nitrogen and oxygen atoms in total. The van der Waals surface area contributed by atoms with Crippen LogP contribution in [0.5, 0.6) is 0 Å². The predicted molar refractivity (Wildman–Crippen MR) is 66.3 cm³/mol. The van der Waals surface area contributed by atoms with Crippen LogP contribution in [0.2, 0.25) is 0 Å². The summed E-state index contributed by atoms with van der Waals surface area (Å²) in [6, 6.07) is 4.07. The summed E-state index contributed by atoms with van der Waals surface area (Å²) >= 11 is 0. The van der Waals surface area contributed by atoms with Crippen molar-refractivity contribution in [1.82, 2.24) is 4.98 Å². The minimum Gasteiger partial charge on any atom is -0.387 e. The minimum atomic E-state index is 0.526. The average molecular weight is 217 g/mol. The maximum Gasteiger partial charge on any atom is 0.0972 e. The number of nitrogens with zero attached hydrogens (tertiary/aromatic N) is 2. The van der Waals surface area contributed by atoms with Gasteiger partial charge in [-0.05, 0) is 31.4 Å². The molecule has 0 unspecified atom stereocenters. The number of hydrogen-bond acceptors (Lipinski definition) is 2.